The standard InChI is InChI=1S/C16H17F2N/c1-10-4-3-5-11(2)16(10)15(19)8-12-6-7-13(17)9-14(12)18/h3-7,9,15H,8,19H2,1-2H3. The highest BCUT2D eigenvalue weighted by molar-refractivity contribution is 5.37. The molecule has 0 aliphatic heterocycles. The molecule has 19 heavy (non-hydrogen) atoms. The van der Waals surface area contributed by atoms with Crippen molar-refractivity contribution in [1.82, 2.24) is 0 Å². The molecule has 2 rings (SSSR count). The molecule has 2 aromatic carbocycles. The zero-order valence-electron chi connectivity index (χ0n) is 11.1. The number of halogens is 2. The van der Waals surface area contributed by atoms with Crippen molar-refractivity contribution in [3.63, 3.8) is 0 Å². The lowest BCUT2D eigenvalue weighted by atomic mass is 9.92. The molecular weight excluding hydrogens is 244 g/mol. The average Bonchev–Trinajstić information content (AvgIpc) is 2.32. The number of nitrogens with two attached hydrogens (primary N) is 1. The highest BCUT2D eigenvalue weighted by atomic mass is 19.1. The lowest BCUT2D eigenvalue weighted by molar-refractivity contribution is 0.562. The lowest BCUT2D eigenvalue weighted by Crippen LogP contribution is -2.16. The van der Waals surface area contributed by atoms with Crippen LogP contribution in [-0.4, -0.2) is 0 Å². The van der Waals surface area contributed by atoms with E-state index in [9.17, 15) is 8.78 Å². The summed E-state index contributed by atoms with van der Waals surface area (Å²) in [4.78, 5) is 0. The Morgan fingerprint density at radius 3 is 2.26 bits per heavy atom. The minimum atomic E-state index is -0.568. The van der Waals surface area contributed by atoms with Crippen molar-refractivity contribution in [2.75, 3.05) is 0 Å². The van der Waals surface area contributed by atoms with Crippen LogP contribution in [0.15, 0.2) is 36.4 Å². The van der Waals surface area contributed by atoms with Crippen LogP contribution in [0.25, 0.3) is 0 Å². The predicted octanol–water partition coefficient (Wildman–Crippen LogP) is 3.82. The van der Waals surface area contributed by atoms with Gasteiger partial charge in [-0.05, 0) is 48.6 Å². The van der Waals surface area contributed by atoms with Crippen LogP contribution in [0.1, 0.15) is 28.3 Å². The fraction of sp³-hybridized carbons (Fsp3) is 0.250. The maximum absolute atomic E-state index is 13.6. The van der Waals surface area contributed by atoms with E-state index in [-0.39, 0.29) is 6.04 Å². The van der Waals surface area contributed by atoms with Gasteiger partial charge in [0.2, 0.25) is 0 Å². The summed E-state index contributed by atoms with van der Waals surface area (Å²) in [6.45, 7) is 3.98. The second kappa shape index (κ2) is 5.49. The molecule has 0 amide bonds. The van der Waals surface area contributed by atoms with Gasteiger partial charge in [-0.3, -0.25) is 0 Å². The molecule has 0 heterocycles. The molecule has 0 saturated heterocycles. The summed E-state index contributed by atoms with van der Waals surface area (Å²) in [6, 6.07) is 9.27. The van der Waals surface area contributed by atoms with Crippen molar-refractivity contribution >= 4 is 0 Å². The molecule has 0 aliphatic rings. The molecule has 0 bridgehead atoms. The third kappa shape index (κ3) is 2.99. The highest BCUT2D eigenvalue weighted by Crippen LogP contribution is 2.24. The third-order valence-corrected chi connectivity index (χ3v) is 3.37. The minimum Gasteiger partial charge on any atom is -0.324 e. The van der Waals surface area contributed by atoms with E-state index in [2.05, 4.69) is 0 Å². The molecule has 0 radical (unpaired) electrons. The van der Waals surface area contributed by atoms with E-state index in [1.54, 1.807) is 0 Å². The van der Waals surface area contributed by atoms with E-state index < -0.39 is 11.6 Å². The summed E-state index contributed by atoms with van der Waals surface area (Å²) in [5.41, 5.74) is 9.84. The number of hydrogen-bond donors (Lipinski definition) is 1. The summed E-state index contributed by atoms with van der Waals surface area (Å²) in [5, 5.41) is 0. The summed E-state index contributed by atoms with van der Waals surface area (Å²) < 4.78 is 26.5. The molecule has 3 heteroatoms. The van der Waals surface area contributed by atoms with Gasteiger partial charge in [0, 0.05) is 12.1 Å². The van der Waals surface area contributed by atoms with E-state index in [4.69, 9.17) is 5.73 Å². The van der Waals surface area contributed by atoms with Crippen LogP contribution in [0.2, 0.25) is 0 Å². The van der Waals surface area contributed by atoms with Crippen molar-refractivity contribution < 1.29 is 8.78 Å². The lowest BCUT2D eigenvalue weighted by Gasteiger charge is -2.18. The SMILES string of the molecule is Cc1cccc(C)c1C(N)Cc1ccc(F)cc1F. The molecule has 1 atom stereocenters. The summed E-state index contributed by atoms with van der Waals surface area (Å²) >= 11 is 0. The Bertz CT molecular complexity index is 573. The summed E-state index contributed by atoms with van der Waals surface area (Å²) in [6.07, 6.45) is 0.359. The zero-order valence-corrected chi connectivity index (χ0v) is 11.1. The van der Waals surface area contributed by atoms with Gasteiger partial charge in [0.15, 0.2) is 0 Å². The Morgan fingerprint density at radius 2 is 1.68 bits per heavy atom. The molecule has 0 aromatic heterocycles. The highest BCUT2D eigenvalue weighted by Gasteiger charge is 2.14. The zero-order chi connectivity index (χ0) is 14.0. The Labute approximate surface area is 112 Å². The maximum atomic E-state index is 13.6. The first kappa shape index (κ1) is 13.7. The van der Waals surface area contributed by atoms with Crippen LogP contribution in [0.5, 0.6) is 0 Å². The average molecular weight is 261 g/mol. The molecule has 0 saturated carbocycles. The molecular formula is C16H17F2N. The molecule has 100 valence electrons. The van der Waals surface area contributed by atoms with Crippen molar-refractivity contribution in [3.05, 3.63) is 70.3 Å². The second-order valence-corrected chi connectivity index (χ2v) is 4.85. The summed E-state index contributed by atoms with van der Waals surface area (Å²) in [5.74, 6) is -1.11. The van der Waals surface area contributed by atoms with E-state index >= 15 is 0 Å². The van der Waals surface area contributed by atoms with Crippen LogP contribution in [0, 0.1) is 25.5 Å². The number of rotatable bonds is 3. The molecule has 0 spiro atoms. The van der Waals surface area contributed by atoms with Gasteiger partial charge < -0.3 is 5.73 Å². The van der Waals surface area contributed by atoms with Crippen LogP contribution < -0.4 is 5.73 Å². The summed E-state index contributed by atoms with van der Waals surface area (Å²) in [7, 11) is 0. The monoisotopic (exact) mass is 261 g/mol. The molecule has 1 unspecified atom stereocenters. The quantitative estimate of drug-likeness (QED) is 0.893. The van der Waals surface area contributed by atoms with Gasteiger partial charge in [-0.2, -0.15) is 0 Å². The Hall–Kier alpha value is -1.74. The number of hydrogen-bond acceptors (Lipinski definition) is 1. The smallest absolute Gasteiger partial charge is 0.129 e. The van der Waals surface area contributed by atoms with Crippen molar-refractivity contribution in [2.45, 2.75) is 26.3 Å². The maximum Gasteiger partial charge on any atom is 0.129 e. The first-order chi connectivity index (χ1) is 8.99. The normalized spacial score (nSPS) is 12.5. The molecule has 0 fully saturated rings. The Morgan fingerprint density at radius 1 is 1.05 bits per heavy atom. The third-order valence-electron chi connectivity index (χ3n) is 3.37. The van der Waals surface area contributed by atoms with Gasteiger partial charge in [-0.1, -0.05) is 24.3 Å². The van der Waals surface area contributed by atoms with Crippen molar-refractivity contribution in [1.29, 1.82) is 0 Å². The van der Waals surface area contributed by atoms with Crippen LogP contribution in [-0.2, 0) is 6.42 Å². The number of benzene rings is 2. The second-order valence-electron chi connectivity index (χ2n) is 4.85. The minimum absolute atomic E-state index is 0.291. The first-order valence-corrected chi connectivity index (χ1v) is 6.24. The van der Waals surface area contributed by atoms with Gasteiger partial charge in [0.05, 0.1) is 0 Å². The van der Waals surface area contributed by atoms with Crippen LogP contribution >= 0.6 is 0 Å². The van der Waals surface area contributed by atoms with E-state index in [0.29, 0.717) is 12.0 Å². The van der Waals surface area contributed by atoms with Gasteiger partial charge in [0.25, 0.3) is 0 Å². The van der Waals surface area contributed by atoms with Gasteiger partial charge in [0.1, 0.15) is 11.6 Å². The Balaban J connectivity index is 2.28. The first-order valence-electron chi connectivity index (χ1n) is 6.24. The fourth-order valence-electron chi connectivity index (χ4n) is 2.44. The molecule has 0 aliphatic carbocycles. The van der Waals surface area contributed by atoms with Crippen LogP contribution in [0.3, 0.4) is 0 Å². The van der Waals surface area contributed by atoms with Gasteiger partial charge in [-0.25, -0.2) is 8.78 Å². The topological polar surface area (TPSA) is 26.0 Å². The molecule has 2 N–H and O–H groups in total. The van der Waals surface area contributed by atoms with Crippen molar-refractivity contribution in [2.24, 2.45) is 5.73 Å². The number of aryl methyl sites for hydroxylation is 2. The Kier molecular flexibility index (Phi) is 3.96. The van der Waals surface area contributed by atoms with Crippen molar-refractivity contribution in [3.8, 4) is 0 Å². The van der Waals surface area contributed by atoms with E-state index in [1.165, 1.54) is 12.1 Å². The van der Waals surface area contributed by atoms with E-state index in [0.717, 1.165) is 22.8 Å². The largest absolute Gasteiger partial charge is 0.324 e. The van der Waals surface area contributed by atoms with Crippen LogP contribution in [0.4, 0.5) is 8.78 Å². The fourth-order valence-corrected chi connectivity index (χ4v) is 2.44. The van der Waals surface area contributed by atoms with E-state index in [1.807, 2.05) is 32.0 Å². The molecule has 2 aromatic rings. The predicted molar refractivity (Wildman–Crippen MR) is 72.9 cm³/mol. The van der Waals surface area contributed by atoms with Gasteiger partial charge >= 0.3 is 0 Å². The molecule has 1 nitrogen and oxygen atoms in total. The van der Waals surface area contributed by atoms with Gasteiger partial charge in [-0.15, -0.1) is 0 Å².